The Morgan fingerprint density at radius 1 is 1.23 bits per heavy atom. The van der Waals surface area contributed by atoms with Crippen LogP contribution in [0.2, 0.25) is 0 Å². The maximum absolute atomic E-state index is 13.2. The molecule has 1 saturated heterocycles. The highest BCUT2D eigenvalue weighted by Gasteiger charge is 2.50. The van der Waals surface area contributed by atoms with Crippen molar-refractivity contribution in [1.29, 1.82) is 0 Å². The highest BCUT2D eigenvalue weighted by atomic mass is 16.2. The molecule has 8 nitrogen and oxygen atoms in total. The highest BCUT2D eigenvalue weighted by Crippen LogP contribution is 2.55. The predicted octanol–water partition coefficient (Wildman–Crippen LogP) is 5.26. The smallest absolute Gasteiger partial charge is 0.258 e. The van der Waals surface area contributed by atoms with Gasteiger partial charge in [0, 0.05) is 49.2 Å². The van der Waals surface area contributed by atoms with E-state index in [0.717, 1.165) is 61.2 Å². The van der Waals surface area contributed by atoms with Crippen molar-refractivity contribution >= 4 is 28.8 Å². The van der Waals surface area contributed by atoms with Crippen molar-refractivity contribution in [3.8, 4) is 0 Å². The number of nitrogens with one attached hydrogen (secondary N) is 2. The Morgan fingerprint density at radius 3 is 2.69 bits per heavy atom. The number of hydrogen-bond donors (Lipinski definition) is 2. The molecule has 2 fully saturated rings. The van der Waals surface area contributed by atoms with Gasteiger partial charge in [0.15, 0.2) is 0 Å². The summed E-state index contributed by atoms with van der Waals surface area (Å²) in [5.74, 6) is 0.371. The topological polar surface area (TPSA) is 92.2 Å². The lowest BCUT2D eigenvalue weighted by atomic mass is 9.64. The second-order valence-electron chi connectivity index (χ2n) is 12.5. The quantitative estimate of drug-likeness (QED) is 0.409. The maximum atomic E-state index is 13.2. The fourth-order valence-corrected chi connectivity index (χ4v) is 5.86. The summed E-state index contributed by atoms with van der Waals surface area (Å²) in [6.07, 6.45) is 5.94. The van der Waals surface area contributed by atoms with Crippen molar-refractivity contribution in [3.63, 3.8) is 0 Å². The van der Waals surface area contributed by atoms with Gasteiger partial charge in [-0.25, -0.2) is 4.98 Å². The number of carbonyl (C=O) groups is 2. The lowest BCUT2D eigenvalue weighted by Gasteiger charge is -2.46. The van der Waals surface area contributed by atoms with Crippen LogP contribution in [0.5, 0.6) is 0 Å². The van der Waals surface area contributed by atoms with E-state index in [9.17, 15) is 9.59 Å². The minimum absolute atomic E-state index is 0.00548. The van der Waals surface area contributed by atoms with E-state index >= 15 is 0 Å². The van der Waals surface area contributed by atoms with Crippen LogP contribution < -0.4 is 10.6 Å². The number of carbonyl (C=O) groups excluding carboxylic acids is 2. The molecule has 3 aromatic rings. The maximum Gasteiger partial charge on any atom is 0.258 e. The van der Waals surface area contributed by atoms with Gasteiger partial charge >= 0.3 is 0 Å². The summed E-state index contributed by atoms with van der Waals surface area (Å²) in [7, 11) is 0. The molecule has 206 valence electrons. The fraction of sp³-hybridized carbons (Fsp3) is 0.484. The summed E-state index contributed by atoms with van der Waals surface area (Å²) in [4.78, 5) is 36.4. The molecule has 1 spiro atoms. The van der Waals surface area contributed by atoms with Gasteiger partial charge in [-0.2, -0.15) is 0 Å². The van der Waals surface area contributed by atoms with E-state index in [0.29, 0.717) is 17.6 Å². The molecule has 1 aliphatic heterocycles. The molecule has 1 aromatic carbocycles. The molecular weight excluding hydrogens is 488 g/mol. The van der Waals surface area contributed by atoms with Gasteiger partial charge in [-0.05, 0) is 79.8 Å². The van der Waals surface area contributed by atoms with Gasteiger partial charge in [0.25, 0.3) is 5.91 Å². The van der Waals surface area contributed by atoms with Crippen LogP contribution in [-0.4, -0.2) is 50.4 Å². The first kappa shape index (κ1) is 27.1. The molecule has 2 N–H and O–H groups in total. The molecule has 1 saturated carbocycles. The van der Waals surface area contributed by atoms with Gasteiger partial charge in [-0.1, -0.05) is 33.4 Å². The number of fused-ring (bicyclic) bond motifs is 1. The number of rotatable bonds is 7. The molecule has 1 aliphatic carbocycles. The molecule has 3 heterocycles. The molecule has 8 heteroatoms. The van der Waals surface area contributed by atoms with Crippen LogP contribution in [0, 0.1) is 17.8 Å². The van der Waals surface area contributed by atoms with Gasteiger partial charge in [-0.3, -0.25) is 19.9 Å². The largest absolute Gasteiger partial charge is 0.339 e. The third-order valence-corrected chi connectivity index (χ3v) is 8.68. The average molecular weight is 529 g/mol. The molecular formula is C31H40N6O2. The minimum Gasteiger partial charge on any atom is -0.339 e. The van der Waals surface area contributed by atoms with Crippen LogP contribution in [0.25, 0.3) is 11.0 Å². The zero-order valence-corrected chi connectivity index (χ0v) is 23.8. The Morgan fingerprint density at radius 2 is 2.00 bits per heavy atom. The lowest BCUT2D eigenvalue weighted by molar-refractivity contribution is -0.125. The number of nitrogens with zero attached hydrogens (tertiary/aromatic N) is 4. The van der Waals surface area contributed by atoms with Gasteiger partial charge in [0.1, 0.15) is 0 Å². The number of benzene rings is 1. The third kappa shape index (κ3) is 5.48. The molecule has 5 rings (SSSR count). The van der Waals surface area contributed by atoms with Gasteiger partial charge in [0.2, 0.25) is 11.9 Å². The second kappa shape index (κ2) is 10.2. The monoisotopic (exact) mass is 528 g/mol. The first-order valence-corrected chi connectivity index (χ1v) is 13.9. The molecule has 0 radical (unpaired) electrons. The molecule has 0 unspecified atom stereocenters. The van der Waals surface area contributed by atoms with E-state index in [1.165, 1.54) is 6.08 Å². The van der Waals surface area contributed by atoms with Gasteiger partial charge in [0.05, 0.1) is 11.0 Å². The van der Waals surface area contributed by atoms with Gasteiger partial charge < -0.3 is 14.8 Å². The van der Waals surface area contributed by atoms with Crippen molar-refractivity contribution < 1.29 is 9.59 Å². The third-order valence-electron chi connectivity index (χ3n) is 8.68. The fourth-order valence-electron chi connectivity index (χ4n) is 5.86. The number of imidazole rings is 1. The molecule has 2 aromatic heterocycles. The van der Waals surface area contributed by atoms with E-state index < -0.39 is 0 Å². The van der Waals surface area contributed by atoms with Crippen molar-refractivity contribution in [2.24, 2.45) is 10.8 Å². The zero-order chi connectivity index (χ0) is 27.9. The summed E-state index contributed by atoms with van der Waals surface area (Å²) >= 11 is 0. The van der Waals surface area contributed by atoms with Crippen LogP contribution in [0.4, 0.5) is 5.95 Å². The summed E-state index contributed by atoms with van der Waals surface area (Å²) < 4.78 is 2.19. The lowest BCUT2D eigenvalue weighted by Crippen LogP contribution is -2.42. The van der Waals surface area contributed by atoms with E-state index in [1.54, 1.807) is 18.3 Å². The SMILES string of the molecule is C=CC(=O)N1CCC2(CC(n3c(NC(=O)c4ccnc(C)c4)nc4cc(CN[C@@H](C)C(C)(C)C)ccc43)C2)C1. The molecule has 2 aliphatic rings. The molecule has 0 bridgehead atoms. The summed E-state index contributed by atoms with van der Waals surface area (Å²) in [6, 6.07) is 10.5. The Kier molecular flexibility index (Phi) is 7.10. The van der Waals surface area contributed by atoms with Crippen LogP contribution >= 0.6 is 0 Å². The average Bonchev–Trinajstić information content (AvgIpc) is 3.47. The Labute approximate surface area is 230 Å². The normalized spacial score (nSPS) is 21.7. The van der Waals surface area contributed by atoms with Crippen molar-refractivity contribution in [2.75, 3.05) is 18.4 Å². The second-order valence-corrected chi connectivity index (χ2v) is 12.5. The van der Waals surface area contributed by atoms with Crippen LogP contribution in [0.1, 0.15) is 74.6 Å². The number of aryl methyl sites for hydroxylation is 1. The summed E-state index contributed by atoms with van der Waals surface area (Å²) in [5, 5.41) is 6.72. The van der Waals surface area contributed by atoms with Crippen molar-refractivity contribution in [3.05, 3.63) is 66.0 Å². The van der Waals surface area contributed by atoms with Crippen molar-refractivity contribution in [2.45, 2.75) is 72.5 Å². The van der Waals surface area contributed by atoms with Crippen LogP contribution in [0.15, 0.2) is 49.2 Å². The van der Waals surface area contributed by atoms with E-state index in [2.05, 4.69) is 72.7 Å². The van der Waals surface area contributed by atoms with Crippen LogP contribution in [0.3, 0.4) is 0 Å². The highest BCUT2D eigenvalue weighted by molar-refractivity contribution is 6.04. The standard InChI is InChI=1S/C31H40N6O2/c1-7-27(38)36-13-11-31(19-36)16-24(17-31)37-26-9-8-22(18-33-21(3)30(4,5)6)15-25(26)34-29(37)35-28(39)23-10-12-32-20(2)14-23/h7-10,12,14-15,21,24,33H,1,11,13,16-19H2,2-6H3,(H,34,35,39)/t21-,24?,31?/m0/s1. The first-order valence-electron chi connectivity index (χ1n) is 13.9. The molecule has 2 amide bonds. The number of aromatic nitrogens is 3. The predicted molar refractivity (Wildman–Crippen MR) is 155 cm³/mol. The number of likely N-dealkylation sites (tertiary alicyclic amines) is 1. The number of anilines is 1. The summed E-state index contributed by atoms with van der Waals surface area (Å²) in [6.45, 7) is 16.7. The Bertz CT molecular complexity index is 1410. The molecule has 1 atom stereocenters. The zero-order valence-electron chi connectivity index (χ0n) is 23.8. The van der Waals surface area contributed by atoms with Gasteiger partial charge in [-0.15, -0.1) is 0 Å². The summed E-state index contributed by atoms with van der Waals surface area (Å²) in [5.41, 5.74) is 4.68. The first-order chi connectivity index (χ1) is 18.5. The van der Waals surface area contributed by atoms with E-state index in [4.69, 9.17) is 4.98 Å². The number of hydrogen-bond acceptors (Lipinski definition) is 5. The minimum atomic E-state index is -0.199. The van der Waals surface area contributed by atoms with E-state index in [-0.39, 0.29) is 28.7 Å². The Balaban J connectivity index is 1.42. The molecule has 39 heavy (non-hydrogen) atoms. The Hall–Kier alpha value is -3.52. The van der Waals surface area contributed by atoms with Crippen LogP contribution in [-0.2, 0) is 11.3 Å². The van der Waals surface area contributed by atoms with E-state index in [1.807, 2.05) is 11.8 Å². The number of amides is 2. The van der Waals surface area contributed by atoms with Crippen molar-refractivity contribution in [1.82, 2.24) is 24.8 Å². The number of pyridine rings is 1.